The van der Waals surface area contributed by atoms with Gasteiger partial charge in [0.05, 0.1) is 7.11 Å². The van der Waals surface area contributed by atoms with Crippen LogP contribution >= 0.6 is 0 Å². The number of nitrogens with one attached hydrogen (secondary N) is 1. The first kappa shape index (κ1) is 9.13. The van der Waals surface area contributed by atoms with Gasteiger partial charge in [0.2, 0.25) is 0 Å². The lowest BCUT2D eigenvalue weighted by Crippen LogP contribution is -2.17. The maximum absolute atomic E-state index is 5.11. The number of benzene rings is 1. The van der Waals surface area contributed by atoms with Crippen LogP contribution in [0.15, 0.2) is 30.3 Å². The molecule has 0 saturated carbocycles. The summed E-state index contributed by atoms with van der Waals surface area (Å²) >= 11 is 0. The standard InChI is InChI=1S/C12H15NO/c1-9-3-8-12(13-9)10-4-6-11(14-2)7-5-10/h4-9,13H,3H2,1-2H3. The van der Waals surface area contributed by atoms with Gasteiger partial charge < -0.3 is 10.1 Å². The molecule has 2 rings (SSSR count). The van der Waals surface area contributed by atoms with Crippen molar-refractivity contribution in [3.8, 4) is 5.75 Å². The Labute approximate surface area is 84.6 Å². The van der Waals surface area contributed by atoms with Gasteiger partial charge in [-0.2, -0.15) is 0 Å². The zero-order valence-electron chi connectivity index (χ0n) is 8.58. The largest absolute Gasteiger partial charge is 0.497 e. The van der Waals surface area contributed by atoms with Crippen LogP contribution in [0.4, 0.5) is 0 Å². The monoisotopic (exact) mass is 189 g/mol. The van der Waals surface area contributed by atoms with E-state index in [1.54, 1.807) is 7.11 Å². The number of ether oxygens (including phenoxy) is 1. The molecule has 1 unspecified atom stereocenters. The maximum atomic E-state index is 5.11. The molecule has 0 fully saturated rings. The topological polar surface area (TPSA) is 21.3 Å². The Kier molecular flexibility index (Phi) is 2.44. The first-order valence-electron chi connectivity index (χ1n) is 4.90. The lowest BCUT2D eigenvalue weighted by molar-refractivity contribution is 0.415. The van der Waals surface area contributed by atoms with Crippen molar-refractivity contribution in [3.05, 3.63) is 35.9 Å². The molecule has 2 nitrogen and oxygen atoms in total. The fourth-order valence-electron chi connectivity index (χ4n) is 1.65. The minimum Gasteiger partial charge on any atom is -0.497 e. The van der Waals surface area contributed by atoms with Gasteiger partial charge in [0.1, 0.15) is 5.75 Å². The summed E-state index contributed by atoms with van der Waals surface area (Å²) in [5.41, 5.74) is 2.47. The van der Waals surface area contributed by atoms with Crippen LogP contribution in [0.5, 0.6) is 5.75 Å². The van der Waals surface area contributed by atoms with Crippen LogP contribution in [0.1, 0.15) is 18.9 Å². The van der Waals surface area contributed by atoms with Crippen molar-refractivity contribution in [2.45, 2.75) is 19.4 Å². The fraction of sp³-hybridized carbons (Fsp3) is 0.333. The lowest BCUT2D eigenvalue weighted by Gasteiger charge is -2.09. The number of hydrogen-bond donors (Lipinski definition) is 1. The molecule has 74 valence electrons. The average Bonchev–Trinajstić information content (AvgIpc) is 2.65. The van der Waals surface area contributed by atoms with E-state index in [9.17, 15) is 0 Å². The maximum Gasteiger partial charge on any atom is 0.118 e. The van der Waals surface area contributed by atoms with E-state index >= 15 is 0 Å². The van der Waals surface area contributed by atoms with Gasteiger partial charge in [0.15, 0.2) is 0 Å². The van der Waals surface area contributed by atoms with E-state index in [1.165, 1.54) is 11.3 Å². The summed E-state index contributed by atoms with van der Waals surface area (Å²) in [6.07, 6.45) is 3.35. The van der Waals surface area contributed by atoms with Gasteiger partial charge in [0.25, 0.3) is 0 Å². The van der Waals surface area contributed by atoms with Gasteiger partial charge in [-0.25, -0.2) is 0 Å². The number of methoxy groups -OCH3 is 1. The van der Waals surface area contributed by atoms with Crippen molar-refractivity contribution in [2.24, 2.45) is 0 Å². The zero-order chi connectivity index (χ0) is 9.97. The smallest absolute Gasteiger partial charge is 0.118 e. The molecule has 1 aliphatic heterocycles. The summed E-state index contributed by atoms with van der Waals surface area (Å²) < 4.78 is 5.11. The van der Waals surface area contributed by atoms with Crippen molar-refractivity contribution in [1.29, 1.82) is 0 Å². The molecular weight excluding hydrogens is 174 g/mol. The third-order valence-electron chi connectivity index (χ3n) is 2.48. The van der Waals surface area contributed by atoms with E-state index in [1.807, 2.05) is 12.1 Å². The third-order valence-corrected chi connectivity index (χ3v) is 2.48. The van der Waals surface area contributed by atoms with Crippen LogP contribution in [0.3, 0.4) is 0 Å². The van der Waals surface area contributed by atoms with Crippen LogP contribution in [0, 0.1) is 0 Å². The van der Waals surface area contributed by atoms with E-state index in [-0.39, 0.29) is 0 Å². The third kappa shape index (κ3) is 1.74. The second kappa shape index (κ2) is 3.74. The molecular formula is C12H15NO. The van der Waals surface area contributed by atoms with Gasteiger partial charge in [0, 0.05) is 11.7 Å². The Bertz CT molecular complexity index is 340. The second-order valence-electron chi connectivity index (χ2n) is 3.63. The predicted molar refractivity (Wildman–Crippen MR) is 58.2 cm³/mol. The molecule has 0 bridgehead atoms. The van der Waals surface area contributed by atoms with E-state index in [4.69, 9.17) is 4.74 Å². The molecule has 1 aromatic carbocycles. The number of hydrogen-bond acceptors (Lipinski definition) is 2. The number of rotatable bonds is 2. The summed E-state index contributed by atoms with van der Waals surface area (Å²) in [5.74, 6) is 0.903. The fourth-order valence-corrected chi connectivity index (χ4v) is 1.65. The molecule has 0 amide bonds. The minimum atomic E-state index is 0.562. The highest BCUT2D eigenvalue weighted by Crippen LogP contribution is 2.21. The van der Waals surface area contributed by atoms with Crippen molar-refractivity contribution in [1.82, 2.24) is 5.32 Å². The predicted octanol–water partition coefficient (Wildman–Crippen LogP) is 2.42. The van der Waals surface area contributed by atoms with Crippen molar-refractivity contribution in [2.75, 3.05) is 7.11 Å². The van der Waals surface area contributed by atoms with E-state index < -0.39 is 0 Å². The van der Waals surface area contributed by atoms with Gasteiger partial charge >= 0.3 is 0 Å². The average molecular weight is 189 g/mol. The minimum absolute atomic E-state index is 0.562. The van der Waals surface area contributed by atoms with Crippen molar-refractivity contribution in [3.63, 3.8) is 0 Å². The molecule has 1 aromatic rings. The SMILES string of the molecule is COc1ccc(C2=CCC(C)N2)cc1. The Balaban J connectivity index is 2.17. The van der Waals surface area contributed by atoms with Crippen LogP contribution in [0.25, 0.3) is 5.70 Å². The summed E-state index contributed by atoms with van der Waals surface area (Å²) in [7, 11) is 1.68. The van der Waals surface area contributed by atoms with Crippen molar-refractivity contribution < 1.29 is 4.74 Å². The molecule has 1 heterocycles. The highest BCUT2D eigenvalue weighted by Gasteiger charge is 2.11. The molecule has 0 aliphatic carbocycles. The summed E-state index contributed by atoms with van der Waals surface area (Å²) in [5, 5.41) is 3.43. The molecule has 2 heteroatoms. The molecule has 14 heavy (non-hydrogen) atoms. The molecule has 1 N–H and O–H groups in total. The summed E-state index contributed by atoms with van der Waals surface area (Å²) in [6, 6.07) is 8.69. The van der Waals surface area contributed by atoms with Crippen molar-refractivity contribution >= 4 is 5.70 Å². The summed E-state index contributed by atoms with van der Waals surface area (Å²) in [4.78, 5) is 0. The van der Waals surface area contributed by atoms with Crippen LogP contribution in [-0.4, -0.2) is 13.2 Å². The zero-order valence-corrected chi connectivity index (χ0v) is 8.58. The highest BCUT2D eigenvalue weighted by molar-refractivity contribution is 5.66. The van der Waals surface area contributed by atoms with Crippen LogP contribution in [0.2, 0.25) is 0 Å². The Morgan fingerprint density at radius 1 is 1.29 bits per heavy atom. The van der Waals surface area contributed by atoms with Gasteiger partial charge in [-0.3, -0.25) is 0 Å². The van der Waals surface area contributed by atoms with E-state index in [0.717, 1.165) is 12.2 Å². The van der Waals surface area contributed by atoms with Crippen LogP contribution < -0.4 is 10.1 Å². The first-order valence-corrected chi connectivity index (χ1v) is 4.90. The Hall–Kier alpha value is -1.44. The lowest BCUT2D eigenvalue weighted by atomic mass is 10.1. The Morgan fingerprint density at radius 3 is 2.50 bits per heavy atom. The van der Waals surface area contributed by atoms with Gasteiger partial charge in [-0.1, -0.05) is 6.08 Å². The second-order valence-corrected chi connectivity index (χ2v) is 3.63. The van der Waals surface area contributed by atoms with E-state index in [0.29, 0.717) is 6.04 Å². The quantitative estimate of drug-likeness (QED) is 0.771. The molecule has 0 saturated heterocycles. The van der Waals surface area contributed by atoms with Gasteiger partial charge in [-0.15, -0.1) is 0 Å². The normalized spacial score (nSPS) is 20.1. The van der Waals surface area contributed by atoms with Gasteiger partial charge in [-0.05, 0) is 43.2 Å². The first-order chi connectivity index (χ1) is 6.79. The highest BCUT2D eigenvalue weighted by atomic mass is 16.5. The molecule has 0 radical (unpaired) electrons. The summed E-state index contributed by atoms with van der Waals surface area (Å²) in [6.45, 7) is 2.19. The molecule has 1 atom stereocenters. The Morgan fingerprint density at radius 2 is 2.00 bits per heavy atom. The van der Waals surface area contributed by atoms with E-state index in [2.05, 4.69) is 30.4 Å². The molecule has 1 aliphatic rings. The molecule has 0 aromatic heterocycles. The van der Waals surface area contributed by atoms with Crippen LogP contribution in [-0.2, 0) is 0 Å². The molecule has 0 spiro atoms.